The highest BCUT2D eigenvalue weighted by atomic mass is 32.2. The Labute approximate surface area is 147 Å². The van der Waals surface area contributed by atoms with Gasteiger partial charge >= 0.3 is 0 Å². The molecule has 0 fully saturated rings. The first-order valence-corrected chi connectivity index (χ1v) is 8.72. The van der Waals surface area contributed by atoms with Gasteiger partial charge in [0.15, 0.2) is 0 Å². The van der Waals surface area contributed by atoms with Crippen LogP contribution in [-0.2, 0) is 24.9 Å². The normalized spacial score (nSPS) is 12.3. The smallest absolute Gasteiger partial charge is 0.258 e. The van der Waals surface area contributed by atoms with Gasteiger partial charge in [-0.05, 0) is 29.1 Å². The molecule has 1 atom stereocenters. The van der Waals surface area contributed by atoms with Crippen molar-refractivity contribution in [2.45, 2.75) is 6.54 Å². The molecule has 6 nitrogen and oxygen atoms in total. The third-order valence-electron chi connectivity index (χ3n) is 4.07. The van der Waals surface area contributed by atoms with Crippen LogP contribution in [0, 0.1) is 0 Å². The minimum atomic E-state index is -2.11. The van der Waals surface area contributed by atoms with Gasteiger partial charge in [-0.15, -0.1) is 0 Å². The van der Waals surface area contributed by atoms with Crippen LogP contribution in [0.25, 0.3) is 21.9 Å². The maximum atomic E-state index is 12.3. The SMILES string of the molecule is COc1ccc(-c2cn(C)c(=O)c3ccccc23)cc1CNS(=O)O. The van der Waals surface area contributed by atoms with Gasteiger partial charge in [0.2, 0.25) is 11.3 Å². The maximum absolute atomic E-state index is 12.3. The molecule has 0 spiro atoms. The summed E-state index contributed by atoms with van der Waals surface area (Å²) in [6, 6.07) is 13.1. The van der Waals surface area contributed by atoms with Crippen molar-refractivity contribution in [3.8, 4) is 16.9 Å². The average molecular weight is 358 g/mol. The van der Waals surface area contributed by atoms with E-state index in [1.165, 1.54) is 0 Å². The molecule has 0 bridgehead atoms. The van der Waals surface area contributed by atoms with Crippen LogP contribution in [0.4, 0.5) is 0 Å². The van der Waals surface area contributed by atoms with Crippen LogP contribution < -0.4 is 15.0 Å². The highest BCUT2D eigenvalue weighted by Crippen LogP contribution is 2.30. The van der Waals surface area contributed by atoms with Crippen LogP contribution in [0.2, 0.25) is 0 Å². The number of nitrogens with zero attached hydrogens (tertiary/aromatic N) is 1. The van der Waals surface area contributed by atoms with E-state index in [-0.39, 0.29) is 12.1 Å². The monoisotopic (exact) mass is 358 g/mol. The standard InChI is InChI=1S/C18H18N2O4S/c1-20-11-16(14-5-3-4-6-15(14)18(20)21)12-7-8-17(24-2)13(9-12)10-19-25(22)23/h3-9,11,19H,10H2,1-2H3,(H,22,23). The summed E-state index contributed by atoms with van der Waals surface area (Å²) >= 11 is -2.11. The molecule has 0 aliphatic carbocycles. The van der Waals surface area contributed by atoms with Crippen molar-refractivity contribution in [1.82, 2.24) is 9.29 Å². The lowest BCUT2D eigenvalue weighted by Gasteiger charge is -2.13. The average Bonchev–Trinajstić information content (AvgIpc) is 2.62. The summed E-state index contributed by atoms with van der Waals surface area (Å²) in [4.78, 5) is 12.3. The molecule has 0 saturated carbocycles. The van der Waals surface area contributed by atoms with E-state index in [9.17, 15) is 9.00 Å². The molecule has 0 aliphatic rings. The van der Waals surface area contributed by atoms with E-state index in [2.05, 4.69) is 4.72 Å². The number of aromatic nitrogens is 1. The second kappa shape index (κ2) is 7.18. The predicted molar refractivity (Wildman–Crippen MR) is 98.8 cm³/mol. The van der Waals surface area contributed by atoms with Gasteiger partial charge in [0.05, 0.1) is 7.11 Å². The number of hydrogen-bond acceptors (Lipinski definition) is 3. The van der Waals surface area contributed by atoms with Gasteiger partial charge in [-0.1, -0.05) is 24.3 Å². The minimum Gasteiger partial charge on any atom is -0.496 e. The summed E-state index contributed by atoms with van der Waals surface area (Å²) in [6.45, 7) is 0.184. The third-order valence-corrected chi connectivity index (χ3v) is 4.46. The zero-order chi connectivity index (χ0) is 18.0. The number of nitrogens with one attached hydrogen (secondary N) is 1. The maximum Gasteiger partial charge on any atom is 0.258 e. The molecule has 130 valence electrons. The minimum absolute atomic E-state index is 0.0505. The summed E-state index contributed by atoms with van der Waals surface area (Å²) in [5.74, 6) is 0.621. The summed E-state index contributed by atoms with van der Waals surface area (Å²) < 4.78 is 29.2. The molecule has 2 aromatic carbocycles. The molecular weight excluding hydrogens is 340 g/mol. The van der Waals surface area contributed by atoms with Crippen molar-refractivity contribution in [3.05, 3.63) is 64.6 Å². The Morgan fingerprint density at radius 1 is 1.20 bits per heavy atom. The second-order valence-electron chi connectivity index (χ2n) is 5.60. The third kappa shape index (κ3) is 3.48. The van der Waals surface area contributed by atoms with E-state index in [0.29, 0.717) is 11.1 Å². The number of aryl methyl sites for hydroxylation is 1. The van der Waals surface area contributed by atoms with E-state index < -0.39 is 11.3 Å². The topological polar surface area (TPSA) is 80.6 Å². The van der Waals surface area contributed by atoms with E-state index >= 15 is 0 Å². The fraction of sp³-hybridized carbons (Fsp3) is 0.167. The Hall–Kier alpha value is -2.48. The molecule has 1 aromatic heterocycles. The van der Waals surface area contributed by atoms with Crippen molar-refractivity contribution >= 4 is 22.0 Å². The molecule has 7 heteroatoms. The summed E-state index contributed by atoms with van der Waals surface area (Å²) in [6.07, 6.45) is 1.80. The van der Waals surface area contributed by atoms with Gasteiger partial charge < -0.3 is 9.30 Å². The van der Waals surface area contributed by atoms with Gasteiger partial charge in [0.1, 0.15) is 5.75 Å². The Morgan fingerprint density at radius 3 is 2.60 bits per heavy atom. The molecule has 0 saturated heterocycles. The zero-order valence-corrected chi connectivity index (χ0v) is 14.7. The number of benzene rings is 2. The Morgan fingerprint density at radius 2 is 1.92 bits per heavy atom. The van der Waals surface area contributed by atoms with Crippen molar-refractivity contribution in [2.24, 2.45) is 7.05 Å². The largest absolute Gasteiger partial charge is 0.496 e. The van der Waals surface area contributed by atoms with E-state index in [1.54, 1.807) is 24.9 Å². The highest BCUT2D eigenvalue weighted by Gasteiger charge is 2.11. The molecule has 3 rings (SSSR count). The molecule has 25 heavy (non-hydrogen) atoms. The summed E-state index contributed by atoms with van der Waals surface area (Å²) in [7, 11) is 3.27. The first kappa shape index (κ1) is 17.3. The summed E-state index contributed by atoms with van der Waals surface area (Å²) in [5, 5.41) is 1.51. The lowest BCUT2D eigenvalue weighted by atomic mass is 9.98. The molecule has 2 N–H and O–H groups in total. The lowest BCUT2D eigenvalue weighted by molar-refractivity contribution is 0.409. The predicted octanol–water partition coefficient (Wildman–Crippen LogP) is 2.44. The number of methoxy groups -OCH3 is 1. The fourth-order valence-electron chi connectivity index (χ4n) is 2.87. The van der Waals surface area contributed by atoms with Crippen LogP contribution in [0.1, 0.15) is 5.56 Å². The van der Waals surface area contributed by atoms with Gasteiger partial charge in [0, 0.05) is 36.3 Å². The van der Waals surface area contributed by atoms with Crippen molar-refractivity contribution in [1.29, 1.82) is 0 Å². The number of pyridine rings is 1. The first-order valence-electron chi connectivity index (χ1n) is 7.61. The van der Waals surface area contributed by atoms with Crippen LogP contribution in [0.3, 0.4) is 0 Å². The number of fused-ring (bicyclic) bond motifs is 1. The van der Waals surface area contributed by atoms with Crippen molar-refractivity contribution < 1.29 is 13.5 Å². The number of rotatable bonds is 5. The highest BCUT2D eigenvalue weighted by molar-refractivity contribution is 7.77. The molecule has 0 aliphatic heterocycles. The van der Waals surface area contributed by atoms with Gasteiger partial charge in [0.25, 0.3) is 5.56 Å². The van der Waals surface area contributed by atoms with Gasteiger partial charge in [-0.25, -0.2) is 8.93 Å². The quantitative estimate of drug-likeness (QED) is 0.687. The molecule has 1 heterocycles. The van der Waals surface area contributed by atoms with Crippen molar-refractivity contribution in [2.75, 3.05) is 7.11 Å². The number of ether oxygens (including phenoxy) is 1. The Balaban J connectivity index is 2.18. The van der Waals surface area contributed by atoms with Gasteiger partial charge in [-0.2, -0.15) is 0 Å². The Kier molecular flexibility index (Phi) is 4.98. The molecule has 0 amide bonds. The van der Waals surface area contributed by atoms with Gasteiger partial charge in [-0.3, -0.25) is 9.35 Å². The van der Waals surface area contributed by atoms with Crippen molar-refractivity contribution in [3.63, 3.8) is 0 Å². The fourth-order valence-corrected chi connectivity index (χ4v) is 3.15. The van der Waals surface area contributed by atoms with Crippen LogP contribution in [-0.4, -0.2) is 20.4 Å². The molecule has 3 aromatic rings. The van der Waals surface area contributed by atoms with Crippen LogP contribution >= 0.6 is 0 Å². The molecule has 0 radical (unpaired) electrons. The summed E-state index contributed by atoms with van der Waals surface area (Å²) in [5.41, 5.74) is 2.51. The van der Waals surface area contributed by atoms with Crippen LogP contribution in [0.15, 0.2) is 53.5 Å². The molecule has 1 unspecified atom stereocenters. The van der Waals surface area contributed by atoms with E-state index in [4.69, 9.17) is 9.29 Å². The zero-order valence-electron chi connectivity index (χ0n) is 13.9. The van der Waals surface area contributed by atoms with E-state index in [1.807, 2.05) is 42.5 Å². The van der Waals surface area contributed by atoms with E-state index in [0.717, 1.165) is 22.1 Å². The number of hydrogen-bond donors (Lipinski definition) is 2. The second-order valence-corrected chi connectivity index (χ2v) is 6.39. The van der Waals surface area contributed by atoms with Crippen LogP contribution in [0.5, 0.6) is 5.75 Å². The molecular formula is C18H18N2O4S. The first-order chi connectivity index (χ1) is 12.0. The lowest BCUT2D eigenvalue weighted by Crippen LogP contribution is -2.17. The Bertz CT molecular complexity index is 1010.